The number of nitrogens with one attached hydrogen (secondary N) is 2. The van der Waals surface area contributed by atoms with Crippen molar-refractivity contribution in [3.8, 4) is 0 Å². The van der Waals surface area contributed by atoms with E-state index < -0.39 is 0 Å². The molecule has 4 rings (SSSR count). The highest BCUT2D eigenvalue weighted by Crippen LogP contribution is 2.29. The molecule has 2 aliphatic heterocycles. The lowest BCUT2D eigenvalue weighted by Crippen LogP contribution is -2.42. The first-order chi connectivity index (χ1) is 11.7. The van der Waals surface area contributed by atoms with Crippen LogP contribution in [0.5, 0.6) is 0 Å². The van der Waals surface area contributed by atoms with E-state index in [2.05, 4.69) is 10.6 Å². The van der Waals surface area contributed by atoms with Crippen molar-refractivity contribution in [1.29, 1.82) is 0 Å². The lowest BCUT2D eigenvalue weighted by Gasteiger charge is -2.20. The summed E-state index contributed by atoms with van der Waals surface area (Å²) in [4.78, 5) is 14.3. The third-order valence-corrected chi connectivity index (χ3v) is 6.04. The zero-order valence-electron chi connectivity index (χ0n) is 13.2. The van der Waals surface area contributed by atoms with Gasteiger partial charge in [0.2, 0.25) is 0 Å². The van der Waals surface area contributed by atoms with E-state index in [1.165, 1.54) is 24.2 Å². The van der Waals surface area contributed by atoms with Gasteiger partial charge in [-0.15, -0.1) is 11.3 Å². The highest BCUT2D eigenvalue weighted by Gasteiger charge is 2.39. The molecule has 1 aromatic carbocycles. The number of fused-ring (bicyclic) bond motifs is 2. The van der Waals surface area contributed by atoms with Gasteiger partial charge >= 0.3 is 0 Å². The van der Waals surface area contributed by atoms with E-state index >= 15 is 0 Å². The van der Waals surface area contributed by atoms with Crippen molar-refractivity contribution in [2.75, 3.05) is 0 Å². The Hall–Kier alpha value is -1.62. The molecule has 0 saturated carbocycles. The fourth-order valence-corrected chi connectivity index (χ4v) is 4.59. The van der Waals surface area contributed by atoms with E-state index in [1.54, 1.807) is 0 Å². The Labute approximate surface area is 150 Å². The number of rotatable bonds is 4. The van der Waals surface area contributed by atoms with Gasteiger partial charge in [-0.2, -0.15) is 0 Å². The molecule has 0 aliphatic carbocycles. The van der Waals surface area contributed by atoms with E-state index in [0.29, 0.717) is 12.1 Å². The molecule has 2 N–H and O–H groups in total. The van der Waals surface area contributed by atoms with E-state index in [4.69, 9.17) is 11.6 Å². The van der Waals surface area contributed by atoms with Crippen LogP contribution in [-0.2, 0) is 0 Å². The van der Waals surface area contributed by atoms with Crippen LogP contribution in [0.1, 0.15) is 39.4 Å². The molecule has 2 fully saturated rings. The maximum absolute atomic E-state index is 12.4. The van der Waals surface area contributed by atoms with Crippen molar-refractivity contribution < 1.29 is 4.79 Å². The van der Waals surface area contributed by atoms with Crippen LogP contribution in [0.3, 0.4) is 0 Å². The Morgan fingerprint density at radius 2 is 2.17 bits per heavy atom. The summed E-state index contributed by atoms with van der Waals surface area (Å²) in [5, 5.41) is 7.46. The number of benzene rings is 1. The number of hydrogen-bond acceptors (Lipinski definition) is 3. The van der Waals surface area contributed by atoms with Crippen molar-refractivity contribution in [2.45, 2.75) is 37.4 Å². The lowest BCUT2D eigenvalue weighted by atomic mass is 9.95. The van der Waals surface area contributed by atoms with Gasteiger partial charge in [-0.1, -0.05) is 29.8 Å². The molecule has 3 atom stereocenters. The van der Waals surface area contributed by atoms with Crippen molar-refractivity contribution in [3.63, 3.8) is 0 Å². The van der Waals surface area contributed by atoms with Gasteiger partial charge < -0.3 is 10.6 Å². The molecular formula is C19H19ClN2OS. The maximum Gasteiger partial charge on any atom is 0.261 e. The van der Waals surface area contributed by atoms with Gasteiger partial charge in [-0.25, -0.2) is 0 Å². The number of halogens is 1. The smallest absolute Gasteiger partial charge is 0.261 e. The normalized spacial score (nSPS) is 25.5. The molecule has 1 aromatic heterocycles. The van der Waals surface area contributed by atoms with Crippen molar-refractivity contribution in [1.82, 2.24) is 10.6 Å². The van der Waals surface area contributed by atoms with Crippen LogP contribution in [0.4, 0.5) is 0 Å². The Morgan fingerprint density at radius 3 is 2.92 bits per heavy atom. The topological polar surface area (TPSA) is 41.1 Å². The monoisotopic (exact) mass is 358 g/mol. The zero-order chi connectivity index (χ0) is 16.5. The van der Waals surface area contributed by atoms with Crippen LogP contribution in [0.2, 0.25) is 5.02 Å². The van der Waals surface area contributed by atoms with E-state index in [9.17, 15) is 4.79 Å². The van der Waals surface area contributed by atoms with Gasteiger partial charge in [0.25, 0.3) is 5.91 Å². The summed E-state index contributed by atoms with van der Waals surface area (Å²) in [5.74, 6) is 0.0433. The number of carbonyl (C=O) groups excluding carboxylic acids is 1. The first-order valence-corrected chi connectivity index (χ1v) is 9.47. The van der Waals surface area contributed by atoms with Crippen molar-refractivity contribution in [2.24, 2.45) is 0 Å². The SMILES string of the molecule is O=C(NC1CC2CCC1N2)c1ccc(C=Cc2cccc(Cl)c2)s1. The van der Waals surface area contributed by atoms with Crippen LogP contribution in [0, 0.1) is 0 Å². The van der Waals surface area contributed by atoms with Gasteiger partial charge in [0.1, 0.15) is 0 Å². The molecule has 24 heavy (non-hydrogen) atoms. The van der Waals surface area contributed by atoms with Crippen molar-refractivity contribution >= 4 is 41.0 Å². The lowest BCUT2D eigenvalue weighted by molar-refractivity contribution is 0.0935. The molecule has 3 heterocycles. The van der Waals surface area contributed by atoms with Gasteiger partial charge in [0, 0.05) is 28.0 Å². The summed E-state index contributed by atoms with van der Waals surface area (Å²) in [6.07, 6.45) is 7.51. The minimum Gasteiger partial charge on any atom is -0.347 e. The predicted molar refractivity (Wildman–Crippen MR) is 101 cm³/mol. The summed E-state index contributed by atoms with van der Waals surface area (Å²) in [5.41, 5.74) is 1.05. The highest BCUT2D eigenvalue weighted by molar-refractivity contribution is 7.14. The molecule has 0 radical (unpaired) electrons. The molecule has 3 nitrogen and oxygen atoms in total. The molecule has 2 bridgehead atoms. The first kappa shape index (κ1) is 15.9. The molecular weight excluding hydrogens is 340 g/mol. The average Bonchev–Trinajstić information content (AvgIpc) is 3.29. The van der Waals surface area contributed by atoms with Crippen LogP contribution >= 0.6 is 22.9 Å². The largest absolute Gasteiger partial charge is 0.347 e. The van der Waals surface area contributed by atoms with Crippen LogP contribution in [-0.4, -0.2) is 24.0 Å². The average molecular weight is 359 g/mol. The van der Waals surface area contributed by atoms with Gasteiger partial charge in [-0.3, -0.25) is 4.79 Å². The molecule has 5 heteroatoms. The number of thiophene rings is 1. The van der Waals surface area contributed by atoms with Crippen molar-refractivity contribution in [3.05, 3.63) is 56.7 Å². The summed E-state index contributed by atoms with van der Waals surface area (Å²) in [7, 11) is 0. The molecule has 2 aromatic rings. The van der Waals surface area contributed by atoms with Crippen LogP contribution < -0.4 is 10.6 Å². The maximum atomic E-state index is 12.4. The third-order valence-electron chi connectivity index (χ3n) is 4.76. The molecule has 124 valence electrons. The van der Waals surface area contributed by atoms with Crippen LogP contribution in [0.25, 0.3) is 12.2 Å². The fraction of sp³-hybridized carbons (Fsp3) is 0.316. The minimum atomic E-state index is 0.0433. The zero-order valence-corrected chi connectivity index (χ0v) is 14.7. The standard InChI is InChI=1S/C19H19ClN2OS/c20-13-3-1-2-12(10-13)4-6-15-7-9-18(24-15)19(23)22-17-11-14-5-8-16(17)21-14/h1-4,6-7,9-10,14,16-17,21H,5,8,11H2,(H,22,23). The third kappa shape index (κ3) is 3.41. The predicted octanol–water partition coefficient (Wildman–Crippen LogP) is 4.19. The Bertz CT molecular complexity index is 785. The molecule has 0 spiro atoms. The second-order valence-electron chi connectivity index (χ2n) is 6.45. The molecule has 2 aliphatic rings. The minimum absolute atomic E-state index is 0.0433. The molecule has 1 amide bonds. The number of carbonyl (C=O) groups is 1. The fourth-order valence-electron chi connectivity index (χ4n) is 3.58. The van der Waals surface area contributed by atoms with Gasteiger partial charge in [0.05, 0.1) is 4.88 Å². The van der Waals surface area contributed by atoms with Gasteiger partial charge in [0.15, 0.2) is 0 Å². The summed E-state index contributed by atoms with van der Waals surface area (Å²) < 4.78 is 0. The van der Waals surface area contributed by atoms with E-state index in [1.807, 2.05) is 48.6 Å². The summed E-state index contributed by atoms with van der Waals surface area (Å²) in [6, 6.07) is 12.9. The Morgan fingerprint density at radius 1 is 1.25 bits per heavy atom. The summed E-state index contributed by atoms with van der Waals surface area (Å²) >= 11 is 7.51. The van der Waals surface area contributed by atoms with Crippen LogP contribution in [0.15, 0.2) is 36.4 Å². The van der Waals surface area contributed by atoms with Gasteiger partial charge in [-0.05, 0) is 55.2 Å². The molecule has 3 unspecified atom stereocenters. The number of hydrogen-bond donors (Lipinski definition) is 2. The Kier molecular flexibility index (Phi) is 4.44. The van der Waals surface area contributed by atoms with E-state index in [0.717, 1.165) is 26.8 Å². The van der Waals surface area contributed by atoms with E-state index in [-0.39, 0.29) is 11.9 Å². The second-order valence-corrected chi connectivity index (χ2v) is 8.01. The second kappa shape index (κ2) is 6.71. The highest BCUT2D eigenvalue weighted by atomic mass is 35.5. The molecule has 2 saturated heterocycles. The number of amides is 1. The quantitative estimate of drug-likeness (QED) is 0.860. The summed E-state index contributed by atoms with van der Waals surface area (Å²) in [6.45, 7) is 0. The first-order valence-electron chi connectivity index (χ1n) is 8.28. The Balaban J connectivity index is 1.40.